The summed E-state index contributed by atoms with van der Waals surface area (Å²) < 4.78 is 4.93. The second-order valence-electron chi connectivity index (χ2n) is 4.38. The number of hydrogen-bond donors (Lipinski definition) is 1. The van der Waals surface area contributed by atoms with E-state index in [0.29, 0.717) is 5.92 Å². The summed E-state index contributed by atoms with van der Waals surface area (Å²) in [6.07, 6.45) is 3.84. The highest BCUT2D eigenvalue weighted by atomic mass is 16.3. The smallest absolute Gasteiger partial charge is 0.287 e. The van der Waals surface area contributed by atoms with Gasteiger partial charge in [-0.2, -0.15) is 0 Å². The van der Waals surface area contributed by atoms with Gasteiger partial charge in [-0.25, -0.2) is 0 Å². The van der Waals surface area contributed by atoms with Crippen molar-refractivity contribution in [1.29, 1.82) is 0 Å². The highest BCUT2D eigenvalue weighted by Gasteiger charge is 2.24. The Bertz CT molecular complexity index is 396. The molecule has 17 heavy (non-hydrogen) atoms. The van der Waals surface area contributed by atoms with Gasteiger partial charge < -0.3 is 14.6 Å². The molecule has 1 heterocycles. The van der Waals surface area contributed by atoms with Crippen LogP contribution in [0.15, 0.2) is 22.8 Å². The number of likely N-dealkylation sites (N-methyl/N-ethyl adjacent to an activating group) is 1. The van der Waals surface area contributed by atoms with E-state index in [9.17, 15) is 9.59 Å². The van der Waals surface area contributed by atoms with Gasteiger partial charge in [0.05, 0.1) is 12.8 Å². The fraction of sp³-hybridized carbons (Fsp3) is 0.500. The van der Waals surface area contributed by atoms with Crippen LogP contribution in [-0.2, 0) is 4.79 Å². The summed E-state index contributed by atoms with van der Waals surface area (Å²) in [5.74, 6) is 0.451. The van der Waals surface area contributed by atoms with Crippen LogP contribution in [0.2, 0.25) is 0 Å². The summed E-state index contributed by atoms with van der Waals surface area (Å²) in [7, 11) is 1.76. The lowest BCUT2D eigenvalue weighted by atomic mass is 10.3. The lowest BCUT2D eigenvalue weighted by molar-refractivity contribution is -0.129. The molecule has 5 nitrogen and oxygen atoms in total. The second-order valence-corrected chi connectivity index (χ2v) is 4.38. The van der Waals surface area contributed by atoms with E-state index in [1.165, 1.54) is 19.1 Å². The van der Waals surface area contributed by atoms with Crippen LogP contribution in [0.25, 0.3) is 0 Å². The molecule has 1 aromatic heterocycles. The lowest BCUT2D eigenvalue weighted by Gasteiger charge is -2.16. The fourth-order valence-corrected chi connectivity index (χ4v) is 1.58. The molecule has 2 amide bonds. The van der Waals surface area contributed by atoms with Crippen molar-refractivity contribution in [2.24, 2.45) is 5.92 Å². The van der Waals surface area contributed by atoms with Crippen molar-refractivity contribution >= 4 is 11.8 Å². The minimum atomic E-state index is -0.358. The van der Waals surface area contributed by atoms with E-state index in [1.54, 1.807) is 24.1 Å². The summed E-state index contributed by atoms with van der Waals surface area (Å²) >= 11 is 0. The minimum Gasteiger partial charge on any atom is -0.459 e. The highest BCUT2D eigenvalue weighted by Crippen LogP contribution is 2.29. The van der Waals surface area contributed by atoms with Gasteiger partial charge in [-0.15, -0.1) is 0 Å². The van der Waals surface area contributed by atoms with E-state index in [0.717, 1.165) is 6.54 Å². The van der Waals surface area contributed by atoms with Gasteiger partial charge in [-0.05, 0) is 30.9 Å². The van der Waals surface area contributed by atoms with Crippen molar-refractivity contribution in [2.45, 2.75) is 12.8 Å². The number of hydrogen-bond acceptors (Lipinski definition) is 3. The number of rotatable bonds is 5. The first kappa shape index (κ1) is 11.7. The quantitative estimate of drug-likeness (QED) is 0.825. The van der Waals surface area contributed by atoms with Gasteiger partial charge in [0.15, 0.2) is 5.76 Å². The monoisotopic (exact) mass is 236 g/mol. The van der Waals surface area contributed by atoms with Crippen LogP contribution in [0, 0.1) is 5.92 Å². The van der Waals surface area contributed by atoms with Crippen LogP contribution in [0.5, 0.6) is 0 Å². The Morgan fingerprint density at radius 2 is 2.29 bits per heavy atom. The maximum absolute atomic E-state index is 11.7. The molecule has 1 aliphatic carbocycles. The average molecular weight is 236 g/mol. The normalized spacial score (nSPS) is 14.4. The van der Waals surface area contributed by atoms with Crippen LogP contribution in [0.3, 0.4) is 0 Å². The molecule has 0 atom stereocenters. The molecule has 0 aromatic carbocycles. The highest BCUT2D eigenvalue weighted by molar-refractivity contribution is 5.94. The molecular weight excluding hydrogens is 220 g/mol. The molecule has 0 radical (unpaired) electrons. The molecule has 0 saturated heterocycles. The van der Waals surface area contributed by atoms with Gasteiger partial charge >= 0.3 is 0 Å². The van der Waals surface area contributed by atoms with E-state index < -0.39 is 0 Å². The number of carbonyl (C=O) groups is 2. The first-order valence-corrected chi connectivity index (χ1v) is 5.72. The number of nitrogens with zero attached hydrogens (tertiary/aromatic N) is 1. The van der Waals surface area contributed by atoms with Gasteiger partial charge in [0.25, 0.3) is 5.91 Å². The SMILES string of the molecule is CN(CC1CC1)C(=O)CNC(=O)c1ccco1. The van der Waals surface area contributed by atoms with Crippen molar-refractivity contribution in [3.8, 4) is 0 Å². The molecule has 0 aliphatic heterocycles. The lowest BCUT2D eigenvalue weighted by Crippen LogP contribution is -2.38. The standard InChI is InChI=1S/C12H16N2O3/c1-14(8-9-4-5-9)11(15)7-13-12(16)10-3-2-6-17-10/h2-3,6,9H,4-5,7-8H2,1H3,(H,13,16). The number of carbonyl (C=O) groups excluding carboxylic acids is 2. The molecule has 0 spiro atoms. The number of nitrogens with one attached hydrogen (secondary N) is 1. The van der Waals surface area contributed by atoms with Gasteiger partial charge in [0.2, 0.25) is 5.91 Å². The third-order valence-corrected chi connectivity index (χ3v) is 2.80. The zero-order valence-corrected chi connectivity index (χ0v) is 9.81. The summed E-state index contributed by atoms with van der Waals surface area (Å²) in [5, 5.41) is 2.54. The molecule has 5 heteroatoms. The summed E-state index contributed by atoms with van der Waals surface area (Å²) in [6, 6.07) is 3.20. The molecule has 1 N–H and O–H groups in total. The van der Waals surface area contributed by atoms with E-state index >= 15 is 0 Å². The van der Waals surface area contributed by atoms with Gasteiger partial charge in [-0.1, -0.05) is 0 Å². The van der Waals surface area contributed by atoms with Crippen LogP contribution >= 0.6 is 0 Å². The Labute approximate surface area is 99.8 Å². The Morgan fingerprint density at radius 1 is 1.53 bits per heavy atom. The maximum Gasteiger partial charge on any atom is 0.287 e. The molecule has 92 valence electrons. The minimum absolute atomic E-state index is 0.0166. The van der Waals surface area contributed by atoms with Crippen LogP contribution in [-0.4, -0.2) is 36.9 Å². The van der Waals surface area contributed by atoms with Gasteiger partial charge in [0.1, 0.15) is 0 Å². The number of amides is 2. The summed E-state index contributed by atoms with van der Waals surface area (Å²) in [6.45, 7) is 0.804. The third-order valence-electron chi connectivity index (χ3n) is 2.80. The van der Waals surface area contributed by atoms with Gasteiger partial charge in [0, 0.05) is 13.6 Å². The third kappa shape index (κ3) is 3.34. The Hall–Kier alpha value is -1.78. The molecule has 1 aliphatic rings. The molecule has 2 rings (SSSR count). The van der Waals surface area contributed by atoms with Crippen molar-refractivity contribution < 1.29 is 14.0 Å². The fourth-order valence-electron chi connectivity index (χ4n) is 1.58. The summed E-state index contributed by atoms with van der Waals surface area (Å²) in [5.41, 5.74) is 0. The molecule has 1 aromatic rings. The Balaban J connectivity index is 1.73. The largest absolute Gasteiger partial charge is 0.459 e. The zero-order chi connectivity index (χ0) is 12.3. The topological polar surface area (TPSA) is 62.6 Å². The Morgan fingerprint density at radius 3 is 2.88 bits per heavy atom. The first-order chi connectivity index (χ1) is 8.16. The number of furan rings is 1. The predicted octanol–water partition coefficient (Wildman–Crippen LogP) is 0.878. The summed E-state index contributed by atoms with van der Waals surface area (Å²) in [4.78, 5) is 24.8. The van der Waals surface area contributed by atoms with Crippen molar-refractivity contribution in [3.05, 3.63) is 24.2 Å². The maximum atomic E-state index is 11.7. The van der Waals surface area contributed by atoms with E-state index in [4.69, 9.17) is 4.42 Å². The molecule has 1 fully saturated rings. The van der Waals surface area contributed by atoms with Crippen molar-refractivity contribution in [1.82, 2.24) is 10.2 Å². The molecule has 0 bridgehead atoms. The second kappa shape index (κ2) is 5.03. The van der Waals surface area contributed by atoms with Crippen molar-refractivity contribution in [2.75, 3.05) is 20.1 Å². The van der Waals surface area contributed by atoms with E-state index in [2.05, 4.69) is 5.32 Å². The Kier molecular flexibility index (Phi) is 3.46. The van der Waals surface area contributed by atoms with Crippen LogP contribution < -0.4 is 5.32 Å². The van der Waals surface area contributed by atoms with Gasteiger partial charge in [-0.3, -0.25) is 9.59 Å². The van der Waals surface area contributed by atoms with E-state index in [1.807, 2.05) is 0 Å². The van der Waals surface area contributed by atoms with Crippen LogP contribution in [0.1, 0.15) is 23.4 Å². The predicted molar refractivity (Wildman–Crippen MR) is 61.4 cm³/mol. The zero-order valence-electron chi connectivity index (χ0n) is 9.81. The van der Waals surface area contributed by atoms with Crippen LogP contribution in [0.4, 0.5) is 0 Å². The van der Waals surface area contributed by atoms with E-state index in [-0.39, 0.29) is 24.1 Å². The first-order valence-electron chi connectivity index (χ1n) is 5.72. The molecule has 0 unspecified atom stereocenters. The molecular formula is C12H16N2O3. The average Bonchev–Trinajstić information content (AvgIpc) is 2.96. The van der Waals surface area contributed by atoms with Crippen molar-refractivity contribution in [3.63, 3.8) is 0 Å². The molecule has 1 saturated carbocycles.